The Hall–Kier alpha value is -2.37. The predicted octanol–water partition coefficient (Wildman–Crippen LogP) is 6.62. The number of carbonyl (C=O) groups excluding carboxylic acids is 1. The van der Waals surface area contributed by atoms with Gasteiger partial charge in [-0.05, 0) is 63.0 Å². The fourth-order valence-corrected chi connectivity index (χ4v) is 4.21. The first kappa shape index (κ1) is 19.9. The quantitative estimate of drug-likeness (QED) is 0.359. The molecular weight excluding hydrogens is 496 g/mol. The van der Waals surface area contributed by atoms with Crippen LogP contribution in [0.4, 0.5) is 0 Å². The lowest BCUT2D eigenvalue weighted by atomic mass is 10.1. The van der Waals surface area contributed by atoms with Crippen LogP contribution in [0.3, 0.4) is 0 Å². The van der Waals surface area contributed by atoms with E-state index in [0.29, 0.717) is 24.5 Å². The third-order valence-electron chi connectivity index (χ3n) is 4.82. The SMILES string of the molecule is COc1cc(/C=C2\Cc3ccccc3C2=O)cc(Br)c1OCc1ccc(Br)cc1. The Labute approximate surface area is 186 Å². The van der Waals surface area contributed by atoms with Crippen LogP contribution in [-0.2, 0) is 13.0 Å². The van der Waals surface area contributed by atoms with Crippen molar-refractivity contribution < 1.29 is 14.3 Å². The number of fused-ring (bicyclic) bond motifs is 1. The zero-order chi connectivity index (χ0) is 20.4. The Bertz CT molecular complexity index is 1100. The molecule has 0 saturated carbocycles. The summed E-state index contributed by atoms with van der Waals surface area (Å²) >= 11 is 7.03. The van der Waals surface area contributed by atoms with E-state index in [-0.39, 0.29) is 5.78 Å². The van der Waals surface area contributed by atoms with Gasteiger partial charge in [-0.2, -0.15) is 0 Å². The van der Waals surface area contributed by atoms with Gasteiger partial charge in [-0.1, -0.05) is 52.3 Å². The number of carbonyl (C=O) groups is 1. The molecule has 3 aromatic carbocycles. The molecule has 0 bridgehead atoms. The second-order valence-electron chi connectivity index (χ2n) is 6.78. The number of halogens is 2. The number of methoxy groups -OCH3 is 1. The van der Waals surface area contributed by atoms with Crippen LogP contribution in [0.15, 0.2) is 75.2 Å². The molecule has 5 heteroatoms. The van der Waals surface area contributed by atoms with E-state index in [0.717, 1.165) is 36.8 Å². The van der Waals surface area contributed by atoms with Crippen LogP contribution in [0.25, 0.3) is 6.08 Å². The van der Waals surface area contributed by atoms with Crippen molar-refractivity contribution in [2.75, 3.05) is 7.11 Å². The largest absolute Gasteiger partial charge is 0.493 e. The first-order valence-corrected chi connectivity index (χ1v) is 10.7. The molecule has 0 unspecified atom stereocenters. The number of hydrogen-bond donors (Lipinski definition) is 0. The van der Waals surface area contributed by atoms with Crippen LogP contribution in [0, 0.1) is 0 Å². The van der Waals surface area contributed by atoms with Crippen molar-refractivity contribution in [3.05, 3.63) is 97.4 Å². The van der Waals surface area contributed by atoms with Crippen LogP contribution >= 0.6 is 31.9 Å². The third-order valence-corrected chi connectivity index (χ3v) is 5.94. The number of rotatable bonds is 5. The molecule has 0 aromatic heterocycles. The maximum Gasteiger partial charge on any atom is 0.189 e. The Kier molecular flexibility index (Phi) is 5.88. The number of hydrogen-bond acceptors (Lipinski definition) is 3. The van der Waals surface area contributed by atoms with E-state index in [2.05, 4.69) is 31.9 Å². The average Bonchev–Trinajstić information content (AvgIpc) is 3.04. The van der Waals surface area contributed by atoms with Crippen LogP contribution in [0.1, 0.15) is 27.0 Å². The zero-order valence-corrected chi connectivity index (χ0v) is 18.9. The van der Waals surface area contributed by atoms with Crippen LogP contribution in [0.5, 0.6) is 11.5 Å². The number of benzene rings is 3. The van der Waals surface area contributed by atoms with Gasteiger partial charge < -0.3 is 9.47 Å². The molecule has 0 aliphatic heterocycles. The van der Waals surface area contributed by atoms with Gasteiger partial charge in [0.1, 0.15) is 6.61 Å². The molecular formula is C24H18Br2O3. The lowest BCUT2D eigenvalue weighted by Gasteiger charge is -2.14. The molecule has 0 radical (unpaired) electrons. The second kappa shape index (κ2) is 8.56. The zero-order valence-electron chi connectivity index (χ0n) is 15.7. The summed E-state index contributed by atoms with van der Waals surface area (Å²) < 4.78 is 13.4. The van der Waals surface area contributed by atoms with Crippen molar-refractivity contribution in [3.8, 4) is 11.5 Å². The highest BCUT2D eigenvalue weighted by atomic mass is 79.9. The summed E-state index contributed by atoms with van der Waals surface area (Å²) in [6.45, 7) is 0.427. The number of ketones is 1. The highest BCUT2D eigenvalue weighted by Gasteiger charge is 2.24. The van der Waals surface area contributed by atoms with Gasteiger partial charge in [-0.25, -0.2) is 0 Å². The maximum absolute atomic E-state index is 12.7. The Morgan fingerprint density at radius 1 is 1.03 bits per heavy atom. The highest BCUT2D eigenvalue weighted by Crippen LogP contribution is 2.38. The van der Waals surface area contributed by atoms with E-state index in [1.54, 1.807) is 7.11 Å². The summed E-state index contributed by atoms with van der Waals surface area (Å²) in [5.41, 5.74) is 4.59. The molecule has 0 N–H and O–H groups in total. The van der Waals surface area contributed by atoms with Crippen LogP contribution < -0.4 is 9.47 Å². The topological polar surface area (TPSA) is 35.5 Å². The molecule has 146 valence electrons. The Morgan fingerprint density at radius 3 is 2.52 bits per heavy atom. The van der Waals surface area contributed by atoms with Gasteiger partial charge in [0, 0.05) is 22.0 Å². The van der Waals surface area contributed by atoms with Crippen molar-refractivity contribution in [2.24, 2.45) is 0 Å². The summed E-state index contributed by atoms with van der Waals surface area (Å²) in [6.07, 6.45) is 2.57. The summed E-state index contributed by atoms with van der Waals surface area (Å²) in [4.78, 5) is 12.7. The molecule has 1 aliphatic carbocycles. The number of ether oxygens (including phenoxy) is 2. The van der Waals surface area contributed by atoms with Crippen molar-refractivity contribution in [3.63, 3.8) is 0 Å². The molecule has 0 heterocycles. The smallest absolute Gasteiger partial charge is 0.189 e. The van der Waals surface area contributed by atoms with Crippen molar-refractivity contribution in [2.45, 2.75) is 13.0 Å². The van der Waals surface area contributed by atoms with E-state index in [4.69, 9.17) is 9.47 Å². The molecule has 0 saturated heterocycles. The van der Waals surface area contributed by atoms with E-state index >= 15 is 0 Å². The van der Waals surface area contributed by atoms with Gasteiger partial charge in [-0.3, -0.25) is 4.79 Å². The highest BCUT2D eigenvalue weighted by molar-refractivity contribution is 9.10. The van der Waals surface area contributed by atoms with Crippen LogP contribution in [-0.4, -0.2) is 12.9 Å². The van der Waals surface area contributed by atoms with Gasteiger partial charge in [-0.15, -0.1) is 0 Å². The minimum Gasteiger partial charge on any atom is -0.493 e. The second-order valence-corrected chi connectivity index (χ2v) is 8.55. The molecule has 0 amide bonds. The van der Waals surface area contributed by atoms with E-state index in [1.807, 2.05) is 66.7 Å². The minimum absolute atomic E-state index is 0.0891. The molecule has 0 fully saturated rings. The van der Waals surface area contributed by atoms with E-state index in [1.165, 1.54) is 0 Å². The monoisotopic (exact) mass is 512 g/mol. The standard InChI is InChI=1S/C24H18Br2O3/c1-28-22-12-16(10-18-13-17-4-2-3-5-20(17)23(18)27)11-21(26)24(22)29-14-15-6-8-19(25)9-7-15/h2-12H,13-14H2,1H3/b18-10+. The molecule has 3 nitrogen and oxygen atoms in total. The number of allylic oxidation sites excluding steroid dienone is 1. The lowest BCUT2D eigenvalue weighted by molar-refractivity contribution is 0.104. The summed E-state index contributed by atoms with van der Waals surface area (Å²) in [5.74, 6) is 1.34. The van der Waals surface area contributed by atoms with Crippen molar-refractivity contribution in [1.29, 1.82) is 0 Å². The summed E-state index contributed by atoms with van der Waals surface area (Å²) in [6, 6.07) is 19.6. The first-order valence-electron chi connectivity index (χ1n) is 9.13. The maximum atomic E-state index is 12.7. The van der Waals surface area contributed by atoms with E-state index < -0.39 is 0 Å². The van der Waals surface area contributed by atoms with Gasteiger partial charge in [0.15, 0.2) is 17.3 Å². The lowest BCUT2D eigenvalue weighted by Crippen LogP contribution is -1.99. The fraction of sp³-hybridized carbons (Fsp3) is 0.125. The molecule has 0 atom stereocenters. The van der Waals surface area contributed by atoms with Gasteiger partial charge >= 0.3 is 0 Å². The Morgan fingerprint density at radius 2 is 1.79 bits per heavy atom. The van der Waals surface area contributed by atoms with Crippen molar-refractivity contribution >= 4 is 43.7 Å². The molecule has 1 aliphatic rings. The van der Waals surface area contributed by atoms with E-state index in [9.17, 15) is 4.79 Å². The van der Waals surface area contributed by atoms with Gasteiger partial charge in [0.05, 0.1) is 11.6 Å². The fourth-order valence-electron chi connectivity index (χ4n) is 3.37. The van der Waals surface area contributed by atoms with Crippen molar-refractivity contribution in [1.82, 2.24) is 0 Å². The average molecular weight is 514 g/mol. The summed E-state index contributed by atoms with van der Waals surface area (Å²) in [5, 5.41) is 0. The normalized spacial score (nSPS) is 14.2. The van der Waals surface area contributed by atoms with Gasteiger partial charge in [0.2, 0.25) is 0 Å². The number of Topliss-reactive ketones (excluding diaryl/α,β-unsaturated/α-hetero) is 1. The summed E-state index contributed by atoms with van der Waals surface area (Å²) in [7, 11) is 1.61. The molecule has 3 aromatic rings. The predicted molar refractivity (Wildman–Crippen MR) is 122 cm³/mol. The third kappa shape index (κ3) is 4.31. The molecule has 0 spiro atoms. The molecule has 29 heavy (non-hydrogen) atoms. The van der Waals surface area contributed by atoms with Crippen LogP contribution in [0.2, 0.25) is 0 Å². The first-order chi connectivity index (χ1) is 14.0. The minimum atomic E-state index is 0.0891. The Balaban J connectivity index is 1.58. The van der Waals surface area contributed by atoms with Gasteiger partial charge in [0.25, 0.3) is 0 Å². The molecule has 4 rings (SSSR count).